The quantitative estimate of drug-likeness (QED) is 0.864. The van der Waals surface area contributed by atoms with Crippen LogP contribution in [0.25, 0.3) is 0 Å². The van der Waals surface area contributed by atoms with Gasteiger partial charge in [0.05, 0.1) is 12.0 Å². The van der Waals surface area contributed by atoms with Crippen LogP contribution in [0.1, 0.15) is 64.1 Å². The molecule has 1 aliphatic carbocycles. The molecule has 1 unspecified atom stereocenters. The molecular formula is C15H27N3O2. The summed E-state index contributed by atoms with van der Waals surface area (Å²) in [5, 5.41) is 14.0. The Morgan fingerprint density at radius 2 is 2.00 bits per heavy atom. The average molecular weight is 281 g/mol. The van der Waals surface area contributed by atoms with Gasteiger partial charge in [0.25, 0.3) is 0 Å². The van der Waals surface area contributed by atoms with Crippen molar-refractivity contribution in [3.63, 3.8) is 0 Å². The molecule has 0 spiro atoms. The molecule has 1 aromatic rings. The molecule has 1 fully saturated rings. The van der Waals surface area contributed by atoms with Crippen molar-refractivity contribution in [2.24, 2.45) is 17.6 Å². The Morgan fingerprint density at radius 1 is 1.35 bits per heavy atom. The van der Waals surface area contributed by atoms with Crippen molar-refractivity contribution >= 4 is 0 Å². The molecule has 20 heavy (non-hydrogen) atoms. The molecule has 1 saturated carbocycles. The molecule has 0 radical (unpaired) electrons. The monoisotopic (exact) mass is 281 g/mol. The van der Waals surface area contributed by atoms with Crippen LogP contribution in [0.3, 0.4) is 0 Å². The van der Waals surface area contributed by atoms with E-state index < -0.39 is 5.60 Å². The highest BCUT2D eigenvalue weighted by Crippen LogP contribution is 2.37. The summed E-state index contributed by atoms with van der Waals surface area (Å²) in [6.45, 7) is 6.47. The van der Waals surface area contributed by atoms with E-state index in [0.29, 0.717) is 18.2 Å². The minimum absolute atomic E-state index is 0.185. The summed E-state index contributed by atoms with van der Waals surface area (Å²) in [6.07, 6.45) is 5.07. The summed E-state index contributed by atoms with van der Waals surface area (Å²) >= 11 is 0. The number of hydrogen-bond donors (Lipinski definition) is 2. The van der Waals surface area contributed by atoms with Crippen LogP contribution < -0.4 is 5.73 Å². The number of aromatic nitrogens is 2. The van der Waals surface area contributed by atoms with Gasteiger partial charge in [0.1, 0.15) is 0 Å². The first kappa shape index (κ1) is 15.4. The lowest BCUT2D eigenvalue weighted by atomic mass is 9.77. The van der Waals surface area contributed by atoms with Crippen LogP contribution in [-0.4, -0.2) is 27.4 Å². The second-order valence-corrected chi connectivity index (χ2v) is 6.78. The molecule has 0 saturated heterocycles. The molecule has 5 heteroatoms. The van der Waals surface area contributed by atoms with Crippen LogP contribution in [0.15, 0.2) is 4.52 Å². The molecule has 0 aliphatic heterocycles. The van der Waals surface area contributed by atoms with E-state index in [4.69, 9.17) is 10.3 Å². The Hall–Kier alpha value is -0.940. The van der Waals surface area contributed by atoms with Gasteiger partial charge in [-0.3, -0.25) is 0 Å². The van der Waals surface area contributed by atoms with E-state index in [2.05, 4.69) is 24.0 Å². The third-order valence-corrected chi connectivity index (χ3v) is 4.54. The molecule has 3 N–H and O–H groups in total. The van der Waals surface area contributed by atoms with Gasteiger partial charge in [-0.05, 0) is 44.4 Å². The van der Waals surface area contributed by atoms with Crippen molar-refractivity contribution in [2.75, 3.05) is 6.54 Å². The van der Waals surface area contributed by atoms with Gasteiger partial charge in [0.15, 0.2) is 5.82 Å². The van der Waals surface area contributed by atoms with Crippen molar-refractivity contribution in [1.29, 1.82) is 0 Å². The molecule has 0 aromatic carbocycles. The maximum absolute atomic E-state index is 9.94. The van der Waals surface area contributed by atoms with Gasteiger partial charge in [0, 0.05) is 12.5 Å². The summed E-state index contributed by atoms with van der Waals surface area (Å²) < 4.78 is 5.25. The maximum Gasteiger partial charge on any atom is 0.229 e. The minimum atomic E-state index is -0.973. The standard InChI is InChI=1S/C15H27N3O2/c1-10(2)11-4-6-12(7-5-11)14-17-13(20-18-14)8-15(3,19)9-16/h10-12,19H,4-9,16H2,1-3H3. The highest BCUT2D eigenvalue weighted by molar-refractivity contribution is 4.99. The molecule has 5 nitrogen and oxygen atoms in total. The van der Waals surface area contributed by atoms with Crippen molar-refractivity contribution in [2.45, 2.75) is 64.4 Å². The lowest BCUT2D eigenvalue weighted by molar-refractivity contribution is 0.0610. The fourth-order valence-corrected chi connectivity index (χ4v) is 2.95. The molecule has 1 aliphatic rings. The maximum atomic E-state index is 9.94. The number of nitrogens with two attached hydrogens (primary N) is 1. The summed E-state index contributed by atoms with van der Waals surface area (Å²) in [6, 6.07) is 0. The smallest absolute Gasteiger partial charge is 0.229 e. The fraction of sp³-hybridized carbons (Fsp3) is 0.867. The first-order valence-corrected chi connectivity index (χ1v) is 7.66. The van der Waals surface area contributed by atoms with Crippen LogP contribution in [0, 0.1) is 11.8 Å². The second kappa shape index (κ2) is 6.22. The van der Waals surface area contributed by atoms with Crippen molar-refractivity contribution in [1.82, 2.24) is 10.1 Å². The molecule has 1 aromatic heterocycles. The Morgan fingerprint density at radius 3 is 2.55 bits per heavy atom. The van der Waals surface area contributed by atoms with Gasteiger partial charge in [-0.1, -0.05) is 19.0 Å². The Kier molecular flexibility index (Phi) is 4.81. The van der Waals surface area contributed by atoms with E-state index in [0.717, 1.165) is 30.5 Å². The Balaban J connectivity index is 1.93. The van der Waals surface area contributed by atoms with E-state index in [-0.39, 0.29) is 6.54 Å². The first-order chi connectivity index (χ1) is 9.41. The molecule has 2 rings (SSSR count). The van der Waals surface area contributed by atoms with Crippen LogP contribution in [0.5, 0.6) is 0 Å². The molecule has 0 amide bonds. The fourth-order valence-electron chi connectivity index (χ4n) is 2.95. The summed E-state index contributed by atoms with van der Waals surface area (Å²) in [7, 11) is 0. The van der Waals surface area contributed by atoms with Crippen molar-refractivity contribution in [3.8, 4) is 0 Å². The Bertz CT molecular complexity index is 421. The third kappa shape index (κ3) is 3.79. The van der Waals surface area contributed by atoms with Crippen LogP contribution >= 0.6 is 0 Å². The van der Waals surface area contributed by atoms with Gasteiger partial charge in [-0.15, -0.1) is 0 Å². The normalized spacial score (nSPS) is 26.7. The summed E-state index contributed by atoms with van der Waals surface area (Å²) in [5.41, 5.74) is 4.53. The van der Waals surface area contributed by atoms with Crippen LogP contribution in [0.2, 0.25) is 0 Å². The number of aliphatic hydroxyl groups is 1. The molecular weight excluding hydrogens is 254 g/mol. The summed E-state index contributed by atoms with van der Waals surface area (Å²) in [4.78, 5) is 4.44. The lowest BCUT2D eigenvalue weighted by Crippen LogP contribution is -2.36. The van der Waals surface area contributed by atoms with Gasteiger partial charge in [-0.25, -0.2) is 0 Å². The van der Waals surface area contributed by atoms with Gasteiger partial charge in [0.2, 0.25) is 5.89 Å². The molecule has 1 atom stereocenters. The minimum Gasteiger partial charge on any atom is -0.388 e. The van der Waals surface area contributed by atoms with E-state index in [1.54, 1.807) is 6.92 Å². The van der Waals surface area contributed by atoms with E-state index in [9.17, 15) is 5.11 Å². The second-order valence-electron chi connectivity index (χ2n) is 6.78. The molecule has 114 valence electrons. The summed E-state index contributed by atoms with van der Waals surface area (Å²) in [5.74, 6) is 3.29. The molecule has 0 bridgehead atoms. The zero-order valence-corrected chi connectivity index (χ0v) is 12.8. The van der Waals surface area contributed by atoms with Gasteiger partial charge in [-0.2, -0.15) is 4.98 Å². The number of rotatable bonds is 5. The van der Waals surface area contributed by atoms with E-state index >= 15 is 0 Å². The first-order valence-electron chi connectivity index (χ1n) is 7.66. The SMILES string of the molecule is CC(C)C1CCC(c2noc(CC(C)(O)CN)n2)CC1. The zero-order valence-electron chi connectivity index (χ0n) is 12.8. The predicted octanol–water partition coefficient (Wildman–Crippen LogP) is 2.25. The zero-order chi connectivity index (χ0) is 14.8. The molecule has 1 heterocycles. The largest absolute Gasteiger partial charge is 0.388 e. The Labute approximate surface area is 120 Å². The highest BCUT2D eigenvalue weighted by Gasteiger charge is 2.28. The predicted molar refractivity (Wildman–Crippen MR) is 77.2 cm³/mol. The highest BCUT2D eigenvalue weighted by atomic mass is 16.5. The van der Waals surface area contributed by atoms with Gasteiger partial charge >= 0.3 is 0 Å². The van der Waals surface area contributed by atoms with Crippen molar-refractivity contribution < 1.29 is 9.63 Å². The van der Waals surface area contributed by atoms with Gasteiger partial charge < -0.3 is 15.4 Å². The van der Waals surface area contributed by atoms with Crippen molar-refractivity contribution in [3.05, 3.63) is 11.7 Å². The van der Waals surface area contributed by atoms with Crippen LogP contribution in [-0.2, 0) is 6.42 Å². The van der Waals surface area contributed by atoms with E-state index in [1.165, 1.54) is 12.8 Å². The number of hydrogen-bond acceptors (Lipinski definition) is 5. The van der Waals surface area contributed by atoms with E-state index in [1.807, 2.05) is 0 Å². The lowest BCUT2D eigenvalue weighted by Gasteiger charge is -2.29. The van der Waals surface area contributed by atoms with Crippen LogP contribution in [0.4, 0.5) is 0 Å². The topological polar surface area (TPSA) is 85.2 Å². The third-order valence-electron chi connectivity index (χ3n) is 4.54. The average Bonchev–Trinajstić information content (AvgIpc) is 2.86. The number of nitrogens with zero attached hydrogens (tertiary/aromatic N) is 2.